The zero-order valence-electron chi connectivity index (χ0n) is 12.6. The molecule has 23 heavy (non-hydrogen) atoms. The highest BCUT2D eigenvalue weighted by molar-refractivity contribution is 6.31. The van der Waals surface area contributed by atoms with Crippen molar-refractivity contribution in [3.05, 3.63) is 64.4 Å². The number of rotatable bonds is 6. The van der Waals surface area contributed by atoms with Crippen LogP contribution in [-0.4, -0.2) is 36.2 Å². The SMILES string of the molecule is COc1ccccc1CN(CCO)C(=O)c1cccc(Cl)c1F. The van der Waals surface area contributed by atoms with Crippen LogP contribution in [0.5, 0.6) is 5.75 Å². The van der Waals surface area contributed by atoms with Crippen LogP contribution >= 0.6 is 11.6 Å². The topological polar surface area (TPSA) is 49.8 Å². The van der Waals surface area contributed by atoms with Gasteiger partial charge in [-0.15, -0.1) is 0 Å². The number of ether oxygens (including phenoxy) is 1. The van der Waals surface area contributed by atoms with Crippen molar-refractivity contribution in [3.63, 3.8) is 0 Å². The lowest BCUT2D eigenvalue weighted by molar-refractivity contribution is 0.0702. The molecular formula is C17H17ClFNO3. The van der Waals surface area contributed by atoms with E-state index in [0.717, 1.165) is 5.56 Å². The third-order valence-electron chi connectivity index (χ3n) is 3.39. The number of hydrogen-bond acceptors (Lipinski definition) is 3. The summed E-state index contributed by atoms with van der Waals surface area (Å²) in [4.78, 5) is 13.9. The third kappa shape index (κ3) is 4.00. The molecule has 0 saturated carbocycles. The standard InChI is InChI=1S/C17H17ClFNO3/c1-23-15-8-3-2-5-12(15)11-20(9-10-21)17(22)13-6-4-7-14(18)16(13)19/h2-8,21H,9-11H2,1H3. The second-order valence-corrected chi connectivity index (χ2v) is 5.27. The highest BCUT2D eigenvalue weighted by Crippen LogP contribution is 2.23. The van der Waals surface area contributed by atoms with Gasteiger partial charge < -0.3 is 14.7 Å². The van der Waals surface area contributed by atoms with Crippen LogP contribution < -0.4 is 4.74 Å². The number of para-hydroxylation sites is 1. The summed E-state index contributed by atoms with van der Waals surface area (Å²) in [6.07, 6.45) is 0. The highest BCUT2D eigenvalue weighted by atomic mass is 35.5. The first-order valence-corrected chi connectivity index (χ1v) is 7.42. The van der Waals surface area contributed by atoms with E-state index in [1.54, 1.807) is 6.07 Å². The van der Waals surface area contributed by atoms with Crippen LogP contribution in [0.3, 0.4) is 0 Å². The Morgan fingerprint density at radius 3 is 2.70 bits per heavy atom. The van der Waals surface area contributed by atoms with E-state index in [2.05, 4.69) is 0 Å². The van der Waals surface area contributed by atoms with Crippen molar-refractivity contribution in [1.29, 1.82) is 0 Å². The number of aliphatic hydroxyl groups is 1. The Balaban J connectivity index is 2.30. The molecule has 4 nitrogen and oxygen atoms in total. The number of amides is 1. The Bertz CT molecular complexity index is 693. The molecule has 0 heterocycles. The smallest absolute Gasteiger partial charge is 0.257 e. The summed E-state index contributed by atoms with van der Waals surface area (Å²) in [6, 6.07) is 11.5. The van der Waals surface area contributed by atoms with Crippen LogP contribution in [0.25, 0.3) is 0 Å². The van der Waals surface area contributed by atoms with E-state index in [4.69, 9.17) is 16.3 Å². The van der Waals surface area contributed by atoms with Crippen LogP contribution in [0, 0.1) is 5.82 Å². The Morgan fingerprint density at radius 2 is 2.00 bits per heavy atom. The van der Waals surface area contributed by atoms with E-state index in [1.165, 1.54) is 30.2 Å². The molecule has 0 aromatic heterocycles. The van der Waals surface area contributed by atoms with Crippen molar-refractivity contribution in [2.75, 3.05) is 20.3 Å². The average Bonchev–Trinajstić information content (AvgIpc) is 2.57. The second-order valence-electron chi connectivity index (χ2n) is 4.86. The summed E-state index contributed by atoms with van der Waals surface area (Å²) in [5, 5.41) is 9.10. The number of aliphatic hydroxyl groups excluding tert-OH is 1. The zero-order valence-corrected chi connectivity index (χ0v) is 13.4. The van der Waals surface area contributed by atoms with E-state index in [-0.39, 0.29) is 30.3 Å². The van der Waals surface area contributed by atoms with Gasteiger partial charge in [-0.25, -0.2) is 4.39 Å². The summed E-state index contributed by atoms with van der Waals surface area (Å²) in [5.41, 5.74) is 0.639. The molecule has 2 rings (SSSR count). The number of methoxy groups -OCH3 is 1. The maximum Gasteiger partial charge on any atom is 0.257 e. The van der Waals surface area contributed by atoms with Crippen molar-refractivity contribution in [2.24, 2.45) is 0 Å². The Labute approximate surface area is 139 Å². The lowest BCUT2D eigenvalue weighted by Gasteiger charge is -2.23. The minimum absolute atomic E-state index is 0.0723. The normalized spacial score (nSPS) is 10.4. The molecule has 2 aromatic carbocycles. The van der Waals surface area contributed by atoms with Crippen LogP contribution in [0.4, 0.5) is 4.39 Å². The average molecular weight is 338 g/mol. The van der Waals surface area contributed by atoms with E-state index in [9.17, 15) is 14.3 Å². The fourth-order valence-electron chi connectivity index (χ4n) is 2.25. The van der Waals surface area contributed by atoms with E-state index in [0.29, 0.717) is 5.75 Å². The van der Waals surface area contributed by atoms with Gasteiger partial charge in [0, 0.05) is 18.7 Å². The Hall–Kier alpha value is -2.11. The zero-order chi connectivity index (χ0) is 16.8. The number of nitrogens with zero attached hydrogens (tertiary/aromatic N) is 1. The Morgan fingerprint density at radius 1 is 1.26 bits per heavy atom. The predicted molar refractivity (Wildman–Crippen MR) is 86.2 cm³/mol. The quantitative estimate of drug-likeness (QED) is 0.881. The monoisotopic (exact) mass is 337 g/mol. The molecule has 0 saturated heterocycles. The molecule has 2 aromatic rings. The number of carbonyl (C=O) groups is 1. The maximum atomic E-state index is 14.1. The second kappa shape index (κ2) is 7.94. The summed E-state index contributed by atoms with van der Waals surface area (Å²) in [6.45, 7) is 0.0290. The number of benzene rings is 2. The number of hydrogen-bond donors (Lipinski definition) is 1. The van der Waals surface area contributed by atoms with Crippen molar-refractivity contribution in [2.45, 2.75) is 6.54 Å². The molecule has 0 aliphatic carbocycles. The minimum atomic E-state index is -0.762. The van der Waals surface area contributed by atoms with Crippen LogP contribution in [0.15, 0.2) is 42.5 Å². The first-order chi connectivity index (χ1) is 11.1. The Kier molecular flexibility index (Phi) is 5.96. The summed E-state index contributed by atoms with van der Waals surface area (Å²) < 4.78 is 19.3. The maximum absolute atomic E-state index is 14.1. The molecule has 0 aliphatic rings. The van der Waals surface area contributed by atoms with Crippen molar-refractivity contribution >= 4 is 17.5 Å². The molecule has 0 fully saturated rings. The molecule has 0 atom stereocenters. The molecule has 0 unspecified atom stereocenters. The fraction of sp³-hybridized carbons (Fsp3) is 0.235. The summed E-state index contributed by atoms with van der Waals surface area (Å²) in [7, 11) is 1.54. The van der Waals surface area contributed by atoms with Crippen LogP contribution in [-0.2, 0) is 6.54 Å². The summed E-state index contributed by atoms with van der Waals surface area (Å²) >= 11 is 5.73. The molecular weight excluding hydrogens is 321 g/mol. The largest absolute Gasteiger partial charge is 0.496 e. The summed E-state index contributed by atoms with van der Waals surface area (Å²) in [5.74, 6) is -0.679. The van der Waals surface area contributed by atoms with Crippen molar-refractivity contribution in [3.8, 4) is 5.75 Å². The molecule has 1 N–H and O–H groups in total. The first-order valence-electron chi connectivity index (χ1n) is 7.04. The van der Waals surface area contributed by atoms with Gasteiger partial charge in [0.1, 0.15) is 5.75 Å². The molecule has 0 aliphatic heterocycles. The van der Waals surface area contributed by atoms with Gasteiger partial charge in [-0.1, -0.05) is 35.9 Å². The van der Waals surface area contributed by atoms with Gasteiger partial charge >= 0.3 is 0 Å². The van der Waals surface area contributed by atoms with Gasteiger partial charge in [-0.2, -0.15) is 0 Å². The van der Waals surface area contributed by atoms with Crippen molar-refractivity contribution in [1.82, 2.24) is 4.90 Å². The van der Waals surface area contributed by atoms with Crippen LogP contribution in [0.1, 0.15) is 15.9 Å². The first kappa shape index (κ1) is 17.2. The van der Waals surface area contributed by atoms with E-state index < -0.39 is 11.7 Å². The van der Waals surface area contributed by atoms with E-state index in [1.807, 2.05) is 18.2 Å². The fourth-order valence-corrected chi connectivity index (χ4v) is 2.43. The molecule has 0 spiro atoms. The molecule has 6 heteroatoms. The van der Waals surface area contributed by atoms with Gasteiger partial charge in [0.25, 0.3) is 5.91 Å². The van der Waals surface area contributed by atoms with Gasteiger partial charge in [0.15, 0.2) is 5.82 Å². The van der Waals surface area contributed by atoms with Crippen molar-refractivity contribution < 1.29 is 19.0 Å². The highest BCUT2D eigenvalue weighted by Gasteiger charge is 2.21. The lowest BCUT2D eigenvalue weighted by Crippen LogP contribution is -2.33. The van der Waals surface area contributed by atoms with Crippen LogP contribution in [0.2, 0.25) is 5.02 Å². The van der Waals surface area contributed by atoms with E-state index >= 15 is 0 Å². The number of carbonyl (C=O) groups excluding carboxylic acids is 1. The van der Waals surface area contributed by atoms with Gasteiger partial charge in [0.2, 0.25) is 0 Å². The van der Waals surface area contributed by atoms with Gasteiger partial charge in [0.05, 0.1) is 24.3 Å². The number of halogens is 2. The third-order valence-corrected chi connectivity index (χ3v) is 3.68. The molecule has 122 valence electrons. The molecule has 1 amide bonds. The molecule has 0 bridgehead atoms. The predicted octanol–water partition coefficient (Wildman–Crippen LogP) is 3.12. The lowest BCUT2D eigenvalue weighted by atomic mass is 10.1. The van der Waals surface area contributed by atoms with Gasteiger partial charge in [-0.05, 0) is 18.2 Å². The minimum Gasteiger partial charge on any atom is -0.496 e. The van der Waals surface area contributed by atoms with Gasteiger partial charge in [-0.3, -0.25) is 4.79 Å². The molecule has 0 radical (unpaired) electrons.